The van der Waals surface area contributed by atoms with Crippen molar-refractivity contribution >= 4 is 23.4 Å². The molecule has 31 heavy (non-hydrogen) atoms. The van der Waals surface area contributed by atoms with E-state index in [9.17, 15) is 14.4 Å². The summed E-state index contributed by atoms with van der Waals surface area (Å²) in [4.78, 5) is 44.8. The quantitative estimate of drug-likeness (QED) is 0.773. The third kappa shape index (κ3) is 5.20. The van der Waals surface area contributed by atoms with E-state index in [0.29, 0.717) is 49.7 Å². The van der Waals surface area contributed by atoms with Crippen molar-refractivity contribution in [3.8, 4) is 11.5 Å². The molecule has 3 heterocycles. The summed E-state index contributed by atoms with van der Waals surface area (Å²) in [7, 11) is 0. The summed E-state index contributed by atoms with van der Waals surface area (Å²) >= 11 is 0. The maximum Gasteiger partial charge on any atom is 0.242 e. The first-order valence-electron chi connectivity index (χ1n) is 10.6. The van der Waals surface area contributed by atoms with E-state index in [1.165, 1.54) is 0 Å². The molecule has 2 aromatic rings. The standard InChI is InChI=1S/C23H26N4O4/c28-21-10-5-13-27(21)16-22(29)26-12-4-6-17(15-26)23(30)25-19-8-1-2-9-20(19)31-18-7-3-11-24-14-18/h1-3,7-9,11,14,17H,4-6,10,12-13,15-16H2,(H,25,30)/t17-/m0/s1. The van der Waals surface area contributed by atoms with Crippen LogP contribution in [0.4, 0.5) is 5.69 Å². The Morgan fingerprint density at radius 2 is 2.00 bits per heavy atom. The fourth-order valence-electron chi connectivity index (χ4n) is 3.98. The van der Waals surface area contributed by atoms with Crippen LogP contribution in [-0.2, 0) is 14.4 Å². The predicted octanol–water partition coefficient (Wildman–Crippen LogP) is 2.67. The zero-order valence-corrected chi connectivity index (χ0v) is 17.3. The van der Waals surface area contributed by atoms with Gasteiger partial charge in [-0.1, -0.05) is 12.1 Å². The Hall–Kier alpha value is -3.42. The van der Waals surface area contributed by atoms with Gasteiger partial charge in [-0.05, 0) is 43.5 Å². The molecule has 1 aromatic heterocycles. The summed E-state index contributed by atoms with van der Waals surface area (Å²) in [5.74, 6) is 0.601. The van der Waals surface area contributed by atoms with Crippen LogP contribution in [0, 0.1) is 5.92 Å². The lowest BCUT2D eigenvalue weighted by atomic mass is 9.97. The lowest BCUT2D eigenvalue weighted by Gasteiger charge is -2.33. The molecule has 1 atom stereocenters. The lowest BCUT2D eigenvalue weighted by molar-refractivity contribution is -0.140. The van der Waals surface area contributed by atoms with Crippen LogP contribution in [0.15, 0.2) is 48.8 Å². The zero-order valence-electron chi connectivity index (χ0n) is 17.3. The Morgan fingerprint density at radius 1 is 1.13 bits per heavy atom. The summed E-state index contributed by atoms with van der Waals surface area (Å²) < 4.78 is 5.86. The third-order valence-corrected chi connectivity index (χ3v) is 5.65. The maximum atomic E-state index is 13.0. The number of amides is 3. The normalized spacial score (nSPS) is 18.7. The molecule has 0 saturated carbocycles. The molecule has 0 radical (unpaired) electrons. The maximum absolute atomic E-state index is 13.0. The van der Waals surface area contributed by atoms with Gasteiger partial charge in [0.1, 0.15) is 5.75 Å². The minimum atomic E-state index is -0.307. The van der Waals surface area contributed by atoms with E-state index >= 15 is 0 Å². The summed E-state index contributed by atoms with van der Waals surface area (Å²) in [5, 5.41) is 2.95. The highest BCUT2D eigenvalue weighted by molar-refractivity contribution is 5.94. The van der Waals surface area contributed by atoms with E-state index in [1.54, 1.807) is 46.5 Å². The number of likely N-dealkylation sites (tertiary alicyclic amines) is 2. The fourth-order valence-corrected chi connectivity index (χ4v) is 3.98. The van der Waals surface area contributed by atoms with Crippen molar-refractivity contribution in [1.82, 2.24) is 14.8 Å². The average molecular weight is 422 g/mol. The minimum Gasteiger partial charge on any atom is -0.454 e. The molecule has 2 fully saturated rings. The van der Waals surface area contributed by atoms with Gasteiger partial charge >= 0.3 is 0 Å². The van der Waals surface area contributed by atoms with Crippen LogP contribution in [0.25, 0.3) is 0 Å². The lowest BCUT2D eigenvalue weighted by Crippen LogP contribution is -2.47. The number of ether oxygens (including phenoxy) is 1. The number of anilines is 1. The van der Waals surface area contributed by atoms with Crippen LogP contribution >= 0.6 is 0 Å². The Balaban J connectivity index is 1.37. The number of nitrogens with zero attached hydrogens (tertiary/aromatic N) is 3. The molecule has 162 valence electrons. The van der Waals surface area contributed by atoms with Crippen molar-refractivity contribution in [1.29, 1.82) is 0 Å². The molecular formula is C23H26N4O4. The number of carbonyl (C=O) groups is 3. The molecule has 0 spiro atoms. The van der Waals surface area contributed by atoms with Gasteiger partial charge in [0.25, 0.3) is 0 Å². The number of para-hydroxylation sites is 2. The van der Waals surface area contributed by atoms with E-state index in [4.69, 9.17) is 4.74 Å². The number of hydrogen-bond donors (Lipinski definition) is 1. The van der Waals surface area contributed by atoms with Crippen LogP contribution in [0.1, 0.15) is 25.7 Å². The van der Waals surface area contributed by atoms with Gasteiger partial charge in [-0.3, -0.25) is 19.4 Å². The van der Waals surface area contributed by atoms with Gasteiger partial charge in [0.2, 0.25) is 17.7 Å². The van der Waals surface area contributed by atoms with Crippen molar-refractivity contribution in [2.75, 3.05) is 31.5 Å². The Kier molecular flexibility index (Phi) is 6.45. The second-order valence-corrected chi connectivity index (χ2v) is 7.87. The molecule has 1 aromatic carbocycles. The SMILES string of the molecule is O=C(Nc1ccccc1Oc1cccnc1)[C@H]1CCCN(C(=O)CN2CCCC2=O)C1. The number of nitrogens with one attached hydrogen (secondary N) is 1. The molecule has 3 amide bonds. The largest absolute Gasteiger partial charge is 0.454 e. The number of aromatic nitrogens is 1. The molecule has 2 aliphatic heterocycles. The van der Waals surface area contributed by atoms with Crippen molar-refractivity contribution in [3.63, 3.8) is 0 Å². The average Bonchev–Trinajstić information content (AvgIpc) is 3.20. The van der Waals surface area contributed by atoms with Gasteiger partial charge in [-0.2, -0.15) is 0 Å². The van der Waals surface area contributed by atoms with E-state index in [1.807, 2.05) is 12.1 Å². The molecule has 0 bridgehead atoms. The molecule has 0 aliphatic carbocycles. The number of rotatable bonds is 6. The molecule has 1 N–H and O–H groups in total. The number of carbonyl (C=O) groups excluding carboxylic acids is 3. The Bertz CT molecular complexity index is 950. The minimum absolute atomic E-state index is 0.0323. The predicted molar refractivity (Wildman–Crippen MR) is 115 cm³/mol. The molecule has 2 aliphatic rings. The van der Waals surface area contributed by atoms with Crippen LogP contribution in [0.3, 0.4) is 0 Å². The highest BCUT2D eigenvalue weighted by Gasteiger charge is 2.31. The first kappa shape index (κ1) is 20.8. The topological polar surface area (TPSA) is 91.8 Å². The van der Waals surface area contributed by atoms with Crippen LogP contribution in [-0.4, -0.2) is 58.7 Å². The fraction of sp³-hybridized carbons (Fsp3) is 0.391. The second kappa shape index (κ2) is 9.59. The third-order valence-electron chi connectivity index (χ3n) is 5.65. The Labute approximate surface area is 181 Å². The number of benzene rings is 1. The smallest absolute Gasteiger partial charge is 0.242 e. The van der Waals surface area contributed by atoms with Crippen molar-refractivity contribution in [3.05, 3.63) is 48.8 Å². The number of hydrogen-bond acceptors (Lipinski definition) is 5. The van der Waals surface area contributed by atoms with Gasteiger partial charge in [0.05, 0.1) is 24.3 Å². The second-order valence-electron chi connectivity index (χ2n) is 7.87. The first-order valence-corrected chi connectivity index (χ1v) is 10.6. The molecule has 8 heteroatoms. The van der Waals surface area contributed by atoms with E-state index in [2.05, 4.69) is 10.3 Å². The van der Waals surface area contributed by atoms with Crippen LogP contribution in [0.2, 0.25) is 0 Å². The first-order chi connectivity index (χ1) is 15.1. The summed E-state index contributed by atoms with van der Waals surface area (Å²) in [6.07, 6.45) is 6.05. The highest BCUT2D eigenvalue weighted by atomic mass is 16.5. The van der Waals surface area contributed by atoms with Crippen molar-refractivity contribution < 1.29 is 19.1 Å². The van der Waals surface area contributed by atoms with Crippen LogP contribution in [0.5, 0.6) is 11.5 Å². The van der Waals surface area contributed by atoms with Gasteiger partial charge in [-0.25, -0.2) is 0 Å². The highest BCUT2D eigenvalue weighted by Crippen LogP contribution is 2.30. The van der Waals surface area contributed by atoms with E-state index in [-0.39, 0.29) is 30.2 Å². The summed E-state index contributed by atoms with van der Waals surface area (Å²) in [5.41, 5.74) is 0.572. The van der Waals surface area contributed by atoms with Crippen LogP contribution < -0.4 is 10.1 Å². The monoisotopic (exact) mass is 422 g/mol. The van der Waals surface area contributed by atoms with E-state index in [0.717, 1.165) is 12.8 Å². The molecule has 0 unspecified atom stereocenters. The zero-order chi connectivity index (χ0) is 21.6. The molecule has 8 nitrogen and oxygen atoms in total. The number of piperidine rings is 1. The number of pyridine rings is 1. The van der Waals surface area contributed by atoms with Gasteiger partial charge in [-0.15, -0.1) is 0 Å². The van der Waals surface area contributed by atoms with Gasteiger partial charge in [0, 0.05) is 32.3 Å². The van der Waals surface area contributed by atoms with Crippen molar-refractivity contribution in [2.45, 2.75) is 25.7 Å². The Morgan fingerprint density at radius 3 is 2.77 bits per heavy atom. The summed E-state index contributed by atoms with van der Waals surface area (Å²) in [6, 6.07) is 10.8. The molecule has 2 saturated heterocycles. The van der Waals surface area contributed by atoms with Crippen molar-refractivity contribution in [2.24, 2.45) is 5.92 Å². The van der Waals surface area contributed by atoms with Gasteiger partial charge < -0.3 is 19.9 Å². The summed E-state index contributed by atoms with van der Waals surface area (Å²) in [6.45, 7) is 1.72. The molecular weight excluding hydrogens is 396 g/mol. The van der Waals surface area contributed by atoms with E-state index < -0.39 is 0 Å². The molecule has 4 rings (SSSR count). The van der Waals surface area contributed by atoms with Gasteiger partial charge in [0.15, 0.2) is 5.75 Å².